The third-order valence-electron chi connectivity index (χ3n) is 2.44. The van der Waals surface area contributed by atoms with Gasteiger partial charge in [0.2, 0.25) is 0 Å². The van der Waals surface area contributed by atoms with Crippen LogP contribution in [-0.2, 0) is 6.42 Å². The molecule has 1 aromatic rings. The molecule has 0 atom stereocenters. The van der Waals surface area contributed by atoms with Crippen LogP contribution in [0.1, 0.15) is 19.4 Å². The first-order valence-electron chi connectivity index (χ1n) is 5.99. The van der Waals surface area contributed by atoms with Gasteiger partial charge in [-0.05, 0) is 45.0 Å². The topological polar surface area (TPSA) is 50.5 Å². The molecule has 0 amide bonds. The van der Waals surface area contributed by atoms with E-state index in [0.29, 0.717) is 6.67 Å². The number of hydrazine groups is 1. The van der Waals surface area contributed by atoms with Gasteiger partial charge in [0.05, 0.1) is 12.8 Å². The summed E-state index contributed by atoms with van der Waals surface area (Å²) in [7, 11) is 2.04. The summed E-state index contributed by atoms with van der Waals surface area (Å²) >= 11 is 0. The van der Waals surface area contributed by atoms with Crippen LogP contribution in [0.3, 0.4) is 0 Å². The van der Waals surface area contributed by atoms with E-state index in [1.54, 1.807) is 0 Å². The number of ether oxygens (including phenoxy) is 1. The Balaban J connectivity index is 2.40. The maximum atomic E-state index is 5.60. The van der Waals surface area contributed by atoms with E-state index in [-0.39, 0.29) is 6.10 Å². The molecule has 96 valence electrons. The van der Waals surface area contributed by atoms with E-state index < -0.39 is 0 Å². The molecule has 1 rings (SSSR count). The SMILES string of the molecule is CC(C)Oc1ccc(CCN(C)CNN)cc1. The molecule has 0 aromatic heterocycles. The maximum absolute atomic E-state index is 5.60. The summed E-state index contributed by atoms with van der Waals surface area (Å²) in [5.41, 5.74) is 3.95. The Labute approximate surface area is 104 Å². The maximum Gasteiger partial charge on any atom is 0.119 e. The van der Waals surface area contributed by atoms with E-state index in [4.69, 9.17) is 10.6 Å². The summed E-state index contributed by atoms with van der Waals surface area (Å²) in [6, 6.07) is 8.27. The Morgan fingerprint density at radius 3 is 2.47 bits per heavy atom. The van der Waals surface area contributed by atoms with Crippen LogP contribution in [0.5, 0.6) is 5.75 Å². The zero-order chi connectivity index (χ0) is 12.7. The molecule has 0 radical (unpaired) electrons. The van der Waals surface area contributed by atoms with Gasteiger partial charge in [0.15, 0.2) is 0 Å². The summed E-state index contributed by atoms with van der Waals surface area (Å²) in [5, 5.41) is 0. The zero-order valence-corrected chi connectivity index (χ0v) is 10.9. The Morgan fingerprint density at radius 2 is 1.94 bits per heavy atom. The van der Waals surface area contributed by atoms with E-state index >= 15 is 0 Å². The van der Waals surface area contributed by atoms with Gasteiger partial charge in [-0.15, -0.1) is 0 Å². The fraction of sp³-hybridized carbons (Fsp3) is 0.538. The molecule has 1 aromatic carbocycles. The second-order valence-corrected chi connectivity index (χ2v) is 4.50. The van der Waals surface area contributed by atoms with Crippen LogP contribution in [0.2, 0.25) is 0 Å². The molecule has 0 saturated carbocycles. The standard InChI is InChI=1S/C13H23N3O/c1-11(2)17-13-6-4-12(5-7-13)8-9-16(3)10-15-14/h4-7,11,15H,8-10,14H2,1-3H3. The summed E-state index contributed by atoms with van der Waals surface area (Å²) in [6.07, 6.45) is 1.24. The van der Waals surface area contributed by atoms with Gasteiger partial charge in [0.1, 0.15) is 5.75 Å². The van der Waals surface area contributed by atoms with Crippen LogP contribution in [0.15, 0.2) is 24.3 Å². The lowest BCUT2D eigenvalue weighted by molar-refractivity contribution is 0.242. The van der Waals surface area contributed by atoms with Crippen LogP contribution in [0.25, 0.3) is 0 Å². The first-order chi connectivity index (χ1) is 8.11. The lowest BCUT2D eigenvalue weighted by Gasteiger charge is -2.15. The minimum atomic E-state index is 0.225. The number of likely N-dealkylation sites (N-methyl/N-ethyl adjacent to an activating group) is 1. The predicted octanol–water partition coefficient (Wildman–Crippen LogP) is 1.37. The molecule has 4 nitrogen and oxygen atoms in total. The number of nitrogens with zero attached hydrogens (tertiary/aromatic N) is 1. The number of nitrogens with two attached hydrogens (primary N) is 1. The highest BCUT2D eigenvalue weighted by Gasteiger charge is 2.00. The van der Waals surface area contributed by atoms with E-state index in [1.165, 1.54) is 5.56 Å². The largest absolute Gasteiger partial charge is 0.491 e. The van der Waals surface area contributed by atoms with Crippen molar-refractivity contribution in [1.29, 1.82) is 0 Å². The summed E-state index contributed by atoms with van der Waals surface area (Å²) in [6.45, 7) is 5.74. The molecule has 0 spiro atoms. The average molecular weight is 237 g/mol. The molecule has 0 aliphatic rings. The minimum Gasteiger partial charge on any atom is -0.491 e. The molecule has 3 N–H and O–H groups in total. The molecule has 17 heavy (non-hydrogen) atoms. The Hall–Kier alpha value is -1.10. The number of hydrogen-bond acceptors (Lipinski definition) is 4. The van der Waals surface area contributed by atoms with Gasteiger partial charge >= 0.3 is 0 Å². The summed E-state index contributed by atoms with van der Waals surface area (Å²) < 4.78 is 5.60. The molecule has 0 fully saturated rings. The van der Waals surface area contributed by atoms with Crippen molar-refractivity contribution in [3.05, 3.63) is 29.8 Å². The van der Waals surface area contributed by atoms with Gasteiger partial charge in [-0.3, -0.25) is 10.7 Å². The van der Waals surface area contributed by atoms with Crippen molar-refractivity contribution in [1.82, 2.24) is 10.3 Å². The monoisotopic (exact) mass is 237 g/mol. The number of benzene rings is 1. The summed E-state index contributed by atoms with van der Waals surface area (Å²) in [4.78, 5) is 2.14. The molecule has 0 saturated heterocycles. The number of rotatable bonds is 7. The second-order valence-electron chi connectivity index (χ2n) is 4.50. The zero-order valence-electron chi connectivity index (χ0n) is 10.9. The van der Waals surface area contributed by atoms with Crippen LogP contribution in [0.4, 0.5) is 0 Å². The van der Waals surface area contributed by atoms with Crippen molar-refractivity contribution in [3.63, 3.8) is 0 Å². The lowest BCUT2D eigenvalue weighted by Crippen LogP contribution is -2.36. The molecular weight excluding hydrogens is 214 g/mol. The minimum absolute atomic E-state index is 0.225. The van der Waals surface area contributed by atoms with Gasteiger partial charge in [-0.25, -0.2) is 5.43 Å². The summed E-state index contributed by atoms with van der Waals surface area (Å²) in [5.74, 6) is 6.19. The fourth-order valence-electron chi connectivity index (χ4n) is 1.56. The lowest BCUT2D eigenvalue weighted by atomic mass is 10.1. The van der Waals surface area contributed by atoms with Crippen molar-refractivity contribution >= 4 is 0 Å². The number of hydrogen-bond donors (Lipinski definition) is 2. The van der Waals surface area contributed by atoms with Crippen molar-refractivity contribution in [2.75, 3.05) is 20.3 Å². The molecule has 0 unspecified atom stereocenters. The van der Waals surface area contributed by atoms with Crippen molar-refractivity contribution in [2.45, 2.75) is 26.4 Å². The van der Waals surface area contributed by atoms with E-state index in [1.807, 2.05) is 33.0 Å². The average Bonchev–Trinajstić information content (AvgIpc) is 2.28. The quantitative estimate of drug-likeness (QED) is 0.427. The second kappa shape index (κ2) is 7.27. The predicted molar refractivity (Wildman–Crippen MR) is 70.7 cm³/mol. The van der Waals surface area contributed by atoms with Crippen LogP contribution in [0, 0.1) is 0 Å². The van der Waals surface area contributed by atoms with Crippen molar-refractivity contribution < 1.29 is 4.74 Å². The molecular formula is C13H23N3O. The highest BCUT2D eigenvalue weighted by Crippen LogP contribution is 2.14. The molecule has 0 bridgehead atoms. The molecule has 0 aliphatic heterocycles. The van der Waals surface area contributed by atoms with Gasteiger partial charge in [-0.1, -0.05) is 12.1 Å². The Bertz CT molecular complexity index is 311. The van der Waals surface area contributed by atoms with Gasteiger partial charge in [-0.2, -0.15) is 0 Å². The molecule has 0 aliphatic carbocycles. The third-order valence-corrected chi connectivity index (χ3v) is 2.44. The van der Waals surface area contributed by atoms with Crippen molar-refractivity contribution in [3.8, 4) is 5.75 Å². The fourth-order valence-corrected chi connectivity index (χ4v) is 1.56. The van der Waals surface area contributed by atoms with Crippen LogP contribution < -0.4 is 16.0 Å². The Morgan fingerprint density at radius 1 is 1.29 bits per heavy atom. The van der Waals surface area contributed by atoms with Gasteiger partial charge in [0, 0.05) is 6.54 Å². The van der Waals surface area contributed by atoms with Gasteiger partial charge in [0.25, 0.3) is 0 Å². The van der Waals surface area contributed by atoms with Crippen LogP contribution in [-0.4, -0.2) is 31.3 Å². The van der Waals surface area contributed by atoms with Gasteiger partial charge < -0.3 is 4.74 Å². The van der Waals surface area contributed by atoms with Crippen LogP contribution >= 0.6 is 0 Å². The Kier molecular flexibility index (Phi) is 5.97. The first-order valence-corrected chi connectivity index (χ1v) is 5.99. The van der Waals surface area contributed by atoms with E-state index in [2.05, 4.69) is 22.5 Å². The highest BCUT2D eigenvalue weighted by molar-refractivity contribution is 5.27. The molecule has 0 heterocycles. The van der Waals surface area contributed by atoms with E-state index in [0.717, 1.165) is 18.7 Å². The van der Waals surface area contributed by atoms with Crippen molar-refractivity contribution in [2.24, 2.45) is 5.84 Å². The smallest absolute Gasteiger partial charge is 0.119 e. The van der Waals surface area contributed by atoms with E-state index in [9.17, 15) is 0 Å². The highest BCUT2D eigenvalue weighted by atomic mass is 16.5. The normalized spacial score (nSPS) is 11.2. The third kappa shape index (κ3) is 5.68. The number of nitrogens with one attached hydrogen (secondary N) is 1. The first kappa shape index (κ1) is 14.0. The molecule has 4 heteroatoms.